The Morgan fingerprint density at radius 2 is 2.22 bits per heavy atom. The van der Waals surface area contributed by atoms with E-state index in [0.29, 0.717) is 18.9 Å². The van der Waals surface area contributed by atoms with E-state index in [9.17, 15) is 4.79 Å². The summed E-state index contributed by atoms with van der Waals surface area (Å²) in [4.78, 5) is 16.0. The highest BCUT2D eigenvalue weighted by atomic mass is 16.1. The van der Waals surface area contributed by atoms with Gasteiger partial charge in [-0.3, -0.25) is 9.48 Å². The van der Waals surface area contributed by atoms with Crippen molar-refractivity contribution < 1.29 is 0 Å². The molecule has 0 fully saturated rings. The summed E-state index contributed by atoms with van der Waals surface area (Å²) in [6.07, 6.45) is 5.11. The van der Waals surface area contributed by atoms with E-state index >= 15 is 0 Å². The number of nitrogens with zero attached hydrogens (tertiary/aromatic N) is 4. The highest BCUT2D eigenvalue weighted by Crippen LogP contribution is 2.07. The molecule has 6 nitrogen and oxygen atoms in total. The number of aromatic nitrogens is 4. The summed E-state index contributed by atoms with van der Waals surface area (Å²) in [6.45, 7) is 5.11. The maximum atomic E-state index is 11.9. The Morgan fingerprint density at radius 3 is 2.83 bits per heavy atom. The molecular weight excluding hydrogens is 230 g/mol. The van der Waals surface area contributed by atoms with Crippen molar-refractivity contribution in [1.29, 1.82) is 0 Å². The predicted molar refractivity (Wildman–Crippen MR) is 69.4 cm³/mol. The zero-order valence-electron chi connectivity index (χ0n) is 10.8. The van der Waals surface area contributed by atoms with Crippen molar-refractivity contribution in [3.05, 3.63) is 40.2 Å². The Kier molecular flexibility index (Phi) is 3.45. The Bertz CT molecular complexity index is 599. The smallest absolute Gasteiger partial charge is 0.293 e. The van der Waals surface area contributed by atoms with E-state index in [1.165, 1.54) is 0 Å². The number of hydrogen-bond donors (Lipinski definition) is 1. The zero-order valence-corrected chi connectivity index (χ0v) is 10.8. The van der Waals surface area contributed by atoms with Gasteiger partial charge in [0.1, 0.15) is 0 Å². The van der Waals surface area contributed by atoms with Gasteiger partial charge < -0.3 is 9.88 Å². The lowest BCUT2D eigenvalue weighted by molar-refractivity contribution is 0.718. The van der Waals surface area contributed by atoms with Crippen LogP contribution in [0, 0.1) is 6.92 Å². The summed E-state index contributed by atoms with van der Waals surface area (Å²) < 4.78 is 3.42. The molecule has 0 aliphatic heterocycles. The van der Waals surface area contributed by atoms with Crippen LogP contribution in [0.5, 0.6) is 0 Å². The molecule has 2 rings (SSSR count). The monoisotopic (exact) mass is 247 g/mol. The summed E-state index contributed by atoms with van der Waals surface area (Å²) >= 11 is 0. The van der Waals surface area contributed by atoms with Gasteiger partial charge in [0.05, 0.1) is 6.20 Å². The fraction of sp³-hybridized carbons (Fsp3) is 0.417. The molecule has 0 atom stereocenters. The summed E-state index contributed by atoms with van der Waals surface area (Å²) in [5.41, 5.74) is 2.04. The van der Waals surface area contributed by atoms with Crippen LogP contribution in [0.2, 0.25) is 0 Å². The summed E-state index contributed by atoms with van der Waals surface area (Å²) in [5.74, 6) is 0.377. The van der Waals surface area contributed by atoms with Crippen molar-refractivity contribution in [3.63, 3.8) is 0 Å². The maximum absolute atomic E-state index is 11.9. The molecule has 6 heteroatoms. The molecule has 0 radical (unpaired) electrons. The first-order chi connectivity index (χ1) is 8.63. The minimum Gasteiger partial charge on any atom is -0.361 e. The van der Waals surface area contributed by atoms with Crippen LogP contribution >= 0.6 is 0 Å². The van der Waals surface area contributed by atoms with Crippen LogP contribution in [0.3, 0.4) is 0 Å². The molecule has 0 bridgehead atoms. The van der Waals surface area contributed by atoms with Gasteiger partial charge >= 0.3 is 0 Å². The summed E-state index contributed by atoms with van der Waals surface area (Å²) in [7, 11) is 1.89. The molecule has 0 saturated carbocycles. The van der Waals surface area contributed by atoms with Gasteiger partial charge in [0, 0.05) is 43.8 Å². The van der Waals surface area contributed by atoms with Gasteiger partial charge in [-0.15, -0.1) is 0 Å². The van der Waals surface area contributed by atoms with Crippen molar-refractivity contribution in [2.24, 2.45) is 7.05 Å². The number of hydrogen-bond acceptors (Lipinski definition) is 4. The first kappa shape index (κ1) is 12.3. The normalized spacial score (nSPS) is 10.6. The van der Waals surface area contributed by atoms with Gasteiger partial charge in [0.15, 0.2) is 5.82 Å². The largest absolute Gasteiger partial charge is 0.361 e. The number of nitrogens with one attached hydrogen (secondary N) is 1. The predicted octanol–water partition coefficient (Wildman–Crippen LogP) is 0.917. The second-order valence-corrected chi connectivity index (χ2v) is 4.10. The molecule has 0 aliphatic carbocycles. The number of rotatable bonds is 4. The van der Waals surface area contributed by atoms with E-state index in [4.69, 9.17) is 0 Å². The SMILES string of the molecule is CCn1ccnc(NCc2cnn(C)c2C)c1=O. The van der Waals surface area contributed by atoms with Crippen LogP contribution in [0.25, 0.3) is 0 Å². The molecule has 0 aromatic carbocycles. The average molecular weight is 247 g/mol. The van der Waals surface area contributed by atoms with Gasteiger partial charge in [0.25, 0.3) is 5.56 Å². The fourth-order valence-corrected chi connectivity index (χ4v) is 1.71. The van der Waals surface area contributed by atoms with Crippen LogP contribution in [-0.2, 0) is 20.1 Å². The Labute approximate surface area is 105 Å². The molecule has 2 aromatic heterocycles. The Balaban J connectivity index is 2.16. The van der Waals surface area contributed by atoms with E-state index in [1.807, 2.05) is 20.9 Å². The van der Waals surface area contributed by atoms with Crippen LogP contribution in [0.15, 0.2) is 23.4 Å². The molecule has 1 N–H and O–H groups in total. The Morgan fingerprint density at radius 1 is 1.44 bits per heavy atom. The summed E-state index contributed by atoms with van der Waals surface area (Å²) in [5, 5.41) is 7.22. The lowest BCUT2D eigenvalue weighted by Crippen LogP contribution is -2.23. The minimum atomic E-state index is -0.0958. The highest BCUT2D eigenvalue weighted by Gasteiger charge is 2.06. The van der Waals surface area contributed by atoms with E-state index in [0.717, 1.165) is 11.3 Å². The van der Waals surface area contributed by atoms with Crippen molar-refractivity contribution in [2.45, 2.75) is 26.9 Å². The summed E-state index contributed by atoms with van der Waals surface area (Å²) in [6, 6.07) is 0. The molecular formula is C12H17N5O. The molecule has 18 heavy (non-hydrogen) atoms. The molecule has 2 aromatic rings. The number of aryl methyl sites for hydroxylation is 2. The third-order valence-corrected chi connectivity index (χ3v) is 3.04. The Hall–Kier alpha value is -2.11. The van der Waals surface area contributed by atoms with E-state index in [-0.39, 0.29) is 5.56 Å². The lowest BCUT2D eigenvalue weighted by Gasteiger charge is -2.07. The minimum absolute atomic E-state index is 0.0958. The molecule has 2 heterocycles. The molecule has 0 aliphatic rings. The van der Waals surface area contributed by atoms with Crippen molar-refractivity contribution in [1.82, 2.24) is 19.3 Å². The highest BCUT2D eigenvalue weighted by molar-refractivity contribution is 5.33. The van der Waals surface area contributed by atoms with E-state index in [2.05, 4.69) is 15.4 Å². The standard InChI is InChI=1S/C12H17N5O/c1-4-17-6-5-13-11(12(17)18)14-7-10-8-15-16(3)9(10)2/h5-6,8H,4,7H2,1-3H3,(H,13,14). The van der Waals surface area contributed by atoms with Crippen LogP contribution in [-0.4, -0.2) is 19.3 Å². The first-order valence-electron chi connectivity index (χ1n) is 5.90. The second kappa shape index (κ2) is 5.03. The third-order valence-electron chi connectivity index (χ3n) is 3.04. The molecule has 96 valence electrons. The van der Waals surface area contributed by atoms with Gasteiger partial charge in [-0.2, -0.15) is 5.10 Å². The quantitative estimate of drug-likeness (QED) is 0.872. The van der Waals surface area contributed by atoms with E-state index < -0.39 is 0 Å². The van der Waals surface area contributed by atoms with Gasteiger partial charge in [-0.05, 0) is 13.8 Å². The van der Waals surface area contributed by atoms with Crippen LogP contribution in [0.4, 0.5) is 5.82 Å². The van der Waals surface area contributed by atoms with Crippen LogP contribution < -0.4 is 10.9 Å². The van der Waals surface area contributed by atoms with Gasteiger partial charge in [-0.1, -0.05) is 0 Å². The van der Waals surface area contributed by atoms with Crippen LogP contribution in [0.1, 0.15) is 18.2 Å². The van der Waals surface area contributed by atoms with E-state index in [1.54, 1.807) is 27.8 Å². The molecule has 0 amide bonds. The topological polar surface area (TPSA) is 64.7 Å². The number of anilines is 1. The fourth-order valence-electron chi connectivity index (χ4n) is 1.71. The van der Waals surface area contributed by atoms with Crippen molar-refractivity contribution >= 4 is 5.82 Å². The van der Waals surface area contributed by atoms with Gasteiger partial charge in [-0.25, -0.2) is 4.98 Å². The van der Waals surface area contributed by atoms with Crippen molar-refractivity contribution in [2.75, 3.05) is 5.32 Å². The maximum Gasteiger partial charge on any atom is 0.293 e. The van der Waals surface area contributed by atoms with Gasteiger partial charge in [0.2, 0.25) is 0 Å². The molecule has 0 unspecified atom stereocenters. The molecule has 0 spiro atoms. The molecule has 0 saturated heterocycles. The third kappa shape index (κ3) is 2.27. The van der Waals surface area contributed by atoms with Crippen molar-refractivity contribution in [3.8, 4) is 0 Å². The zero-order chi connectivity index (χ0) is 13.1. The first-order valence-corrected chi connectivity index (χ1v) is 5.90. The second-order valence-electron chi connectivity index (χ2n) is 4.10. The lowest BCUT2D eigenvalue weighted by atomic mass is 10.2. The average Bonchev–Trinajstić information content (AvgIpc) is 2.69.